The maximum Gasteiger partial charge on any atom is 0.407 e. The van der Waals surface area contributed by atoms with E-state index in [9.17, 15) is 44.4 Å². The van der Waals surface area contributed by atoms with Crippen molar-refractivity contribution in [2.45, 2.75) is 198 Å². The quantitative estimate of drug-likeness (QED) is 0.0224. The number of hydrogen-bond donors (Lipinski definition) is 6. The van der Waals surface area contributed by atoms with Crippen LogP contribution < -0.4 is 15.4 Å². The average molecular weight is 1240 g/mol. The summed E-state index contributed by atoms with van der Waals surface area (Å²) in [5, 5.41) is 53.0. The van der Waals surface area contributed by atoms with Crippen molar-refractivity contribution in [3.05, 3.63) is 101 Å². The van der Waals surface area contributed by atoms with Crippen LogP contribution in [-0.2, 0) is 47.5 Å². The molecule has 0 spiro atoms. The number of esters is 2. The molecule has 2 heterocycles. The van der Waals surface area contributed by atoms with E-state index in [1.54, 1.807) is 19.1 Å². The summed E-state index contributed by atoms with van der Waals surface area (Å²) in [4.78, 5) is 66.8. The van der Waals surface area contributed by atoms with E-state index in [0.717, 1.165) is 38.5 Å². The Labute approximate surface area is 522 Å². The highest BCUT2D eigenvalue weighted by atomic mass is 16.8. The molecule has 6 N–H and O–H groups in total. The van der Waals surface area contributed by atoms with E-state index in [0.29, 0.717) is 57.4 Å². The number of nitrogens with one attached hydrogen (secondary N) is 2. The van der Waals surface area contributed by atoms with E-state index >= 15 is 0 Å². The van der Waals surface area contributed by atoms with Gasteiger partial charge in [-0.15, -0.1) is 0 Å². The molecule has 20 nitrogen and oxygen atoms in total. The molecular weight excluding hydrogens is 1140 g/mol. The van der Waals surface area contributed by atoms with Gasteiger partial charge in [0.15, 0.2) is 24.8 Å². The molecule has 17 atom stereocenters. The van der Waals surface area contributed by atoms with Crippen molar-refractivity contribution in [2.75, 3.05) is 40.0 Å². The summed E-state index contributed by atoms with van der Waals surface area (Å²) < 4.78 is 53.9. The number of allylic oxidation sites excluding steroid dienone is 1. The molecule has 2 saturated heterocycles. The van der Waals surface area contributed by atoms with Gasteiger partial charge in [-0.25, -0.2) is 14.4 Å². The van der Waals surface area contributed by atoms with Gasteiger partial charge < -0.3 is 73.7 Å². The Morgan fingerprint density at radius 2 is 1.36 bits per heavy atom. The Morgan fingerprint density at radius 3 is 2.01 bits per heavy atom. The van der Waals surface area contributed by atoms with Gasteiger partial charge in [0.2, 0.25) is 0 Å². The van der Waals surface area contributed by atoms with E-state index < -0.39 is 110 Å². The number of amides is 2. The summed E-state index contributed by atoms with van der Waals surface area (Å²) in [5.74, 6) is -1.74. The van der Waals surface area contributed by atoms with Crippen molar-refractivity contribution in [3.63, 3.8) is 0 Å². The molecule has 3 aromatic carbocycles. The fourth-order valence-corrected chi connectivity index (χ4v) is 16.0. The zero-order valence-electron chi connectivity index (χ0n) is 52.5. The smallest absolute Gasteiger partial charge is 0.407 e. The van der Waals surface area contributed by atoms with Crippen LogP contribution in [0.4, 0.5) is 9.59 Å². The van der Waals surface area contributed by atoms with Gasteiger partial charge in [-0.1, -0.05) is 108 Å². The fraction of sp³-hybridized carbons (Fsp3) is 0.638. The van der Waals surface area contributed by atoms with Crippen LogP contribution in [0.15, 0.2) is 84.4 Å². The number of carbonyl (C=O) groups is 5. The van der Waals surface area contributed by atoms with Crippen molar-refractivity contribution < 1.29 is 87.0 Å². The van der Waals surface area contributed by atoms with Gasteiger partial charge in [0.25, 0.3) is 0 Å². The first-order valence-electron chi connectivity index (χ1n) is 32.2. The predicted octanol–water partition coefficient (Wildman–Crippen LogP) is 8.86. The lowest BCUT2D eigenvalue weighted by Crippen LogP contribution is -2.64. The Hall–Kier alpha value is -5.97. The monoisotopic (exact) mass is 1240 g/mol. The molecule has 0 radical (unpaired) electrons. The largest absolute Gasteiger partial charge is 0.497 e. The summed E-state index contributed by atoms with van der Waals surface area (Å²) in [6.45, 7) is 11.9. The van der Waals surface area contributed by atoms with Crippen LogP contribution in [0, 0.1) is 40.4 Å². The van der Waals surface area contributed by atoms with Gasteiger partial charge in [0.1, 0.15) is 54.3 Å². The number of carbonyl (C=O) groups excluding carboxylic acids is 5. The van der Waals surface area contributed by atoms with E-state index in [2.05, 4.69) is 54.8 Å². The van der Waals surface area contributed by atoms with Gasteiger partial charge >= 0.3 is 24.1 Å². The molecule has 5 fully saturated rings. The van der Waals surface area contributed by atoms with Crippen molar-refractivity contribution >= 4 is 29.9 Å². The molecule has 2 aliphatic heterocycles. The number of alkyl carbamates (subject to hydrolysis) is 2. The third kappa shape index (κ3) is 13.8. The lowest BCUT2D eigenvalue weighted by atomic mass is 9.46. The van der Waals surface area contributed by atoms with E-state index in [-0.39, 0.29) is 65.5 Å². The predicted molar refractivity (Wildman–Crippen MR) is 325 cm³/mol. The summed E-state index contributed by atoms with van der Waals surface area (Å²) in [7, 11) is 1.48. The Kier molecular flexibility index (Phi) is 21.0. The van der Waals surface area contributed by atoms with E-state index in [1.165, 1.54) is 54.0 Å². The first-order chi connectivity index (χ1) is 42.6. The number of ether oxygens (including phenoxy) is 9. The molecule has 3 aromatic rings. The van der Waals surface area contributed by atoms with E-state index in [4.69, 9.17) is 42.6 Å². The first-order valence-corrected chi connectivity index (χ1v) is 32.2. The SMILES string of the molecule is COc1ccc(C(=O)OC2C(OC3C(O)COC(O[C@H]4C[C@H]5[C@@H]6CC=C7C[C@@H](OC(=O)NCCCCCCNC(=O)OCC8c9ccccc9-c9ccccc98)CC[C@]7(C)C6CC[C@]5(C)[C@@]4(O)[C@H](C)C(=O)CCC(C)C)C3OC(C)=O)OCC(O)C2O)cc1. The maximum atomic E-state index is 14.4. The van der Waals surface area contributed by atoms with Gasteiger partial charge in [0, 0.05) is 50.1 Å². The molecule has 20 heteroatoms. The number of benzene rings is 3. The van der Waals surface area contributed by atoms with Gasteiger partial charge in [-0.3, -0.25) is 9.59 Å². The second-order valence-electron chi connectivity index (χ2n) is 26.7. The molecule has 0 bridgehead atoms. The zero-order valence-corrected chi connectivity index (χ0v) is 52.5. The molecule has 486 valence electrons. The lowest BCUT2D eigenvalue weighted by Gasteiger charge is -2.59. The van der Waals surface area contributed by atoms with Crippen molar-refractivity contribution in [2.24, 2.45) is 40.4 Å². The summed E-state index contributed by atoms with van der Waals surface area (Å²) >= 11 is 0. The molecule has 7 aliphatic rings. The number of fused-ring (bicyclic) bond motifs is 8. The minimum Gasteiger partial charge on any atom is -0.497 e. The third-order valence-corrected chi connectivity index (χ3v) is 21.0. The molecule has 10 rings (SSSR count). The summed E-state index contributed by atoms with van der Waals surface area (Å²) in [6, 6.07) is 22.5. The fourth-order valence-electron chi connectivity index (χ4n) is 16.0. The topological polar surface area (TPSA) is 273 Å². The van der Waals surface area contributed by atoms with Crippen LogP contribution in [0.5, 0.6) is 5.75 Å². The number of unbranched alkanes of at least 4 members (excludes halogenated alkanes) is 3. The minimum atomic E-state index is -1.74. The van der Waals surface area contributed by atoms with E-state index in [1.807, 2.05) is 38.1 Å². The van der Waals surface area contributed by atoms with Crippen LogP contribution in [-0.4, -0.2) is 157 Å². The number of aliphatic hydroxyl groups excluding tert-OH is 3. The number of methoxy groups -OCH3 is 1. The first kappa shape index (κ1) is 66.0. The highest BCUT2D eigenvalue weighted by Crippen LogP contribution is 2.69. The van der Waals surface area contributed by atoms with Crippen molar-refractivity contribution in [1.82, 2.24) is 10.6 Å². The van der Waals surface area contributed by atoms with Crippen LogP contribution in [0.25, 0.3) is 11.1 Å². The Balaban J connectivity index is 0.750. The van der Waals surface area contributed by atoms with Gasteiger partial charge in [-0.2, -0.15) is 0 Å². The number of rotatable bonds is 23. The second-order valence-corrected chi connectivity index (χ2v) is 26.7. The van der Waals surface area contributed by atoms with Crippen LogP contribution >= 0.6 is 0 Å². The number of ketones is 1. The Morgan fingerprint density at radius 1 is 0.719 bits per heavy atom. The standard InChI is InChI=1S/C69H92N2O18/c1-39(2)20-27-54(73)40(3)69(80)57(87-64-61(85-41(4)72)59(56(75)38-83-64)89-63-60(58(76)55(74)37-82-63)88-62(77)42-21-24-44(81-7)25-22-42)35-53-50-26-23-43-34-45(28-30-67(43,5)52(50)29-31-68(53,69)6)86-66(79)71-33-15-9-8-14-32-70-65(78)84-36-51-48-18-12-10-16-46(48)47-17-11-13-19-49(47)51/h10-13,16-19,21-25,39-40,45,50-53,55-61,63-64,74-76,80H,8-9,14-15,20,26-38H2,1-7H3,(H,70,78)(H,71,79)/t40-,45+,50-,52?,53+,55?,56?,57+,58?,59?,60?,61?,63?,64?,67+,68+,69-/m1/s1. The molecule has 89 heavy (non-hydrogen) atoms. The number of hydrogen-bond acceptors (Lipinski definition) is 18. The van der Waals surface area contributed by atoms with Crippen molar-refractivity contribution in [3.8, 4) is 16.9 Å². The minimum absolute atomic E-state index is 0.00225. The molecule has 2 amide bonds. The highest BCUT2D eigenvalue weighted by molar-refractivity contribution is 5.89. The van der Waals surface area contributed by atoms with Gasteiger partial charge in [-0.05, 0) is 133 Å². The summed E-state index contributed by atoms with van der Waals surface area (Å²) in [6.07, 6.45) is -3.50. The van der Waals surface area contributed by atoms with Crippen LogP contribution in [0.1, 0.15) is 152 Å². The number of aliphatic hydroxyl groups is 4. The summed E-state index contributed by atoms with van der Waals surface area (Å²) in [5.41, 5.74) is 3.29. The number of Topliss-reactive ketones (excluding diaryl/α,β-unsaturated/α-hetero) is 1. The Bertz CT molecular complexity index is 2960. The van der Waals surface area contributed by atoms with Gasteiger partial charge in [0.05, 0.1) is 32.0 Å². The maximum absolute atomic E-state index is 14.4. The second kappa shape index (κ2) is 28.3. The van der Waals surface area contributed by atoms with Crippen LogP contribution in [0.3, 0.4) is 0 Å². The zero-order chi connectivity index (χ0) is 63.4. The van der Waals surface area contributed by atoms with Crippen LogP contribution in [0.2, 0.25) is 0 Å². The molecule has 3 saturated carbocycles. The molecule has 9 unspecified atom stereocenters. The third-order valence-electron chi connectivity index (χ3n) is 21.0. The lowest BCUT2D eigenvalue weighted by molar-refractivity contribution is -0.345. The van der Waals surface area contributed by atoms with Crippen molar-refractivity contribution in [1.29, 1.82) is 0 Å². The molecular formula is C69H92N2O18. The highest BCUT2D eigenvalue weighted by Gasteiger charge is 2.71. The normalized spacial score (nSPS) is 33.2. The molecule has 5 aliphatic carbocycles. The molecule has 0 aromatic heterocycles. The average Bonchev–Trinajstić information content (AvgIpc) is 1.59.